The van der Waals surface area contributed by atoms with Crippen LogP contribution in [0.1, 0.15) is 47.5 Å². The maximum absolute atomic E-state index is 12.0. The molecule has 1 amide bonds. The Morgan fingerprint density at radius 1 is 1.15 bits per heavy atom. The fourth-order valence-electron chi connectivity index (χ4n) is 3.05. The predicted octanol–water partition coefficient (Wildman–Crippen LogP) is 1.61. The third-order valence-corrected chi connectivity index (χ3v) is 5.45. The number of guanidine groups is 1. The third-order valence-electron chi connectivity index (χ3n) is 4.52. The normalized spacial score (nSPS) is 16.2. The zero-order valence-corrected chi connectivity index (χ0v) is 16.8. The Kier molecular flexibility index (Phi) is 9.41. The third kappa shape index (κ3) is 7.29. The molecule has 0 bridgehead atoms. The molecule has 0 saturated carbocycles. The smallest absolute Gasteiger partial charge is 0.263 e. The molecule has 1 aliphatic heterocycles. The second-order valence-corrected chi connectivity index (χ2v) is 7.41. The maximum atomic E-state index is 12.0. The Hall–Kier alpha value is -1.67. The maximum Gasteiger partial charge on any atom is 0.263 e. The Balaban J connectivity index is 1.55. The van der Waals surface area contributed by atoms with Crippen LogP contribution in [-0.2, 0) is 0 Å². The highest BCUT2D eigenvalue weighted by molar-refractivity contribution is 7.11. The molecule has 3 N–H and O–H groups in total. The van der Waals surface area contributed by atoms with Gasteiger partial charge in [0, 0.05) is 26.7 Å². The predicted molar refractivity (Wildman–Crippen MR) is 108 cm³/mol. The first kappa shape index (κ1) is 20.6. The van der Waals surface area contributed by atoms with E-state index in [4.69, 9.17) is 0 Å². The van der Waals surface area contributed by atoms with Gasteiger partial charge in [0.2, 0.25) is 0 Å². The van der Waals surface area contributed by atoms with E-state index in [1.165, 1.54) is 50.1 Å². The van der Waals surface area contributed by atoms with Crippen LogP contribution in [-0.4, -0.2) is 68.1 Å². The van der Waals surface area contributed by atoms with Gasteiger partial charge in [-0.3, -0.25) is 9.79 Å². The highest BCUT2D eigenvalue weighted by Gasteiger charge is 2.11. The average molecular weight is 381 g/mol. The summed E-state index contributed by atoms with van der Waals surface area (Å²) in [6, 6.07) is 0. The number of aliphatic imine (C=N–C) groups is 1. The second kappa shape index (κ2) is 11.9. The van der Waals surface area contributed by atoms with Crippen LogP contribution in [0.4, 0.5) is 0 Å². The minimum atomic E-state index is -0.0628. The summed E-state index contributed by atoms with van der Waals surface area (Å²) in [5, 5.41) is 9.47. The van der Waals surface area contributed by atoms with Crippen LogP contribution in [0.15, 0.2) is 10.5 Å². The zero-order chi connectivity index (χ0) is 18.6. The van der Waals surface area contributed by atoms with Gasteiger partial charge in [-0.2, -0.15) is 0 Å². The summed E-state index contributed by atoms with van der Waals surface area (Å²) in [5.74, 6) is 0.719. The summed E-state index contributed by atoms with van der Waals surface area (Å²) in [5.41, 5.74) is 2.47. The van der Waals surface area contributed by atoms with Crippen molar-refractivity contribution in [3.05, 3.63) is 16.1 Å². The SMILES string of the molecule is CN=C(NCCCN1CCCCCC1)NCCNC(=O)c1scnc1C. The van der Waals surface area contributed by atoms with Crippen molar-refractivity contribution < 1.29 is 4.79 Å². The van der Waals surface area contributed by atoms with Crippen LogP contribution < -0.4 is 16.0 Å². The molecule has 1 aliphatic rings. The second-order valence-electron chi connectivity index (χ2n) is 6.56. The lowest BCUT2D eigenvalue weighted by Crippen LogP contribution is -2.42. The summed E-state index contributed by atoms with van der Waals surface area (Å²) in [7, 11) is 1.77. The molecular weight excluding hydrogens is 348 g/mol. The first-order chi connectivity index (χ1) is 12.7. The van der Waals surface area contributed by atoms with E-state index < -0.39 is 0 Å². The molecule has 26 heavy (non-hydrogen) atoms. The molecule has 1 aromatic heterocycles. The number of aryl methyl sites for hydroxylation is 1. The summed E-state index contributed by atoms with van der Waals surface area (Å²) >= 11 is 1.37. The van der Waals surface area contributed by atoms with Gasteiger partial charge in [0.1, 0.15) is 4.88 Å². The standard InChI is InChI=1S/C18H32N6OS/c1-15-16(26-14-23-15)17(25)20-9-10-22-18(19-2)21-8-7-13-24-11-5-3-4-6-12-24/h14H,3-13H2,1-2H3,(H,20,25)(H2,19,21,22). The monoisotopic (exact) mass is 380 g/mol. The van der Waals surface area contributed by atoms with E-state index in [1.807, 2.05) is 6.92 Å². The van der Waals surface area contributed by atoms with Crippen LogP contribution in [0.3, 0.4) is 0 Å². The Labute approximate surface area is 160 Å². The number of rotatable bonds is 8. The molecule has 0 spiro atoms. The van der Waals surface area contributed by atoms with Gasteiger partial charge >= 0.3 is 0 Å². The number of carbonyl (C=O) groups is 1. The van der Waals surface area contributed by atoms with Gasteiger partial charge in [-0.15, -0.1) is 11.3 Å². The summed E-state index contributed by atoms with van der Waals surface area (Å²) < 4.78 is 0. The highest BCUT2D eigenvalue weighted by Crippen LogP contribution is 2.11. The Morgan fingerprint density at radius 2 is 1.85 bits per heavy atom. The molecule has 8 heteroatoms. The van der Waals surface area contributed by atoms with Crippen molar-refractivity contribution in [2.24, 2.45) is 4.99 Å². The molecule has 2 rings (SSSR count). The van der Waals surface area contributed by atoms with Gasteiger partial charge in [-0.25, -0.2) is 4.98 Å². The molecule has 0 unspecified atom stereocenters. The number of likely N-dealkylation sites (tertiary alicyclic amines) is 1. The Bertz CT molecular complexity index is 566. The van der Waals surface area contributed by atoms with Crippen LogP contribution in [0.2, 0.25) is 0 Å². The van der Waals surface area contributed by atoms with Gasteiger partial charge < -0.3 is 20.9 Å². The van der Waals surface area contributed by atoms with Crippen molar-refractivity contribution in [1.82, 2.24) is 25.8 Å². The van der Waals surface area contributed by atoms with Crippen molar-refractivity contribution in [2.75, 3.05) is 46.3 Å². The van der Waals surface area contributed by atoms with Crippen LogP contribution >= 0.6 is 11.3 Å². The number of amides is 1. The van der Waals surface area contributed by atoms with Crippen LogP contribution in [0.5, 0.6) is 0 Å². The molecule has 1 fully saturated rings. The van der Waals surface area contributed by atoms with Crippen molar-refractivity contribution in [1.29, 1.82) is 0 Å². The molecule has 0 radical (unpaired) electrons. The number of hydrogen-bond acceptors (Lipinski definition) is 5. The van der Waals surface area contributed by atoms with E-state index in [9.17, 15) is 4.79 Å². The van der Waals surface area contributed by atoms with E-state index >= 15 is 0 Å². The largest absolute Gasteiger partial charge is 0.356 e. The molecule has 0 atom stereocenters. The van der Waals surface area contributed by atoms with Gasteiger partial charge in [0.05, 0.1) is 11.2 Å². The minimum Gasteiger partial charge on any atom is -0.356 e. The molecular formula is C18H32N6OS. The quantitative estimate of drug-likeness (QED) is 0.363. The van der Waals surface area contributed by atoms with E-state index in [1.54, 1.807) is 12.6 Å². The number of carbonyl (C=O) groups excluding carboxylic acids is 1. The fraction of sp³-hybridized carbons (Fsp3) is 0.722. The molecule has 0 aromatic carbocycles. The van der Waals surface area contributed by atoms with E-state index in [-0.39, 0.29) is 5.91 Å². The molecule has 7 nitrogen and oxygen atoms in total. The molecule has 1 aromatic rings. The van der Waals surface area contributed by atoms with Crippen molar-refractivity contribution >= 4 is 23.2 Å². The van der Waals surface area contributed by atoms with E-state index in [0.29, 0.717) is 18.0 Å². The summed E-state index contributed by atoms with van der Waals surface area (Å²) in [4.78, 5) is 23.6. The van der Waals surface area contributed by atoms with Crippen LogP contribution in [0, 0.1) is 6.92 Å². The summed E-state index contributed by atoms with van der Waals surface area (Å²) in [6.07, 6.45) is 6.55. The number of hydrogen-bond donors (Lipinski definition) is 3. The number of nitrogens with zero attached hydrogens (tertiary/aromatic N) is 3. The lowest BCUT2D eigenvalue weighted by atomic mass is 10.2. The molecule has 0 aliphatic carbocycles. The molecule has 2 heterocycles. The topological polar surface area (TPSA) is 81.7 Å². The van der Waals surface area contributed by atoms with Gasteiger partial charge in [0.15, 0.2) is 5.96 Å². The van der Waals surface area contributed by atoms with Gasteiger partial charge in [-0.1, -0.05) is 12.8 Å². The fourth-order valence-corrected chi connectivity index (χ4v) is 3.77. The minimum absolute atomic E-state index is 0.0628. The van der Waals surface area contributed by atoms with E-state index in [2.05, 4.69) is 30.8 Å². The number of aromatic nitrogens is 1. The zero-order valence-electron chi connectivity index (χ0n) is 16.0. The van der Waals surface area contributed by atoms with E-state index in [0.717, 1.165) is 31.2 Å². The average Bonchev–Trinajstić information content (AvgIpc) is 2.91. The highest BCUT2D eigenvalue weighted by atomic mass is 32.1. The first-order valence-corrected chi connectivity index (χ1v) is 10.4. The lowest BCUT2D eigenvalue weighted by Gasteiger charge is -2.20. The van der Waals surface area contributed by atoms with Crippen molar-refractivity contribution in [3.8, 4) is 0 Å². The first-order valence-electron chi connectivity index (χ1n) is 9.56. The van der Waals surface area contributed by atoms with Crippen molar-refractivity contribution in [3.63, 3.8) is 0 Å². The molecule has 146 valence electrons. The van der Waals surface area contributed by atoms with Gasteiger partial charge in [-0.05, 0) is 45.8 Å². The number of nitrogens with one attached hydrogen (secondary N) is 3. The number of thiazole rings is 1. The van der Waals surface area contributed by atoms with Gasteiger partial charge in [0.25, 0.3) is 5.91 Å². The van der Waals surface area contributed by atoms with Crippen LogP contribution in [0.25, 0.3) is 0 Å². The molecule has 1 saturated heterocycles. The summed E-state index contributed by atoms with van der Waals surface area (Å²) in [6.45, 7) is 7.57. The lowest BCUT2D eigenvalue weighted by molar-refractivity contribution is 0.0957. The van der Waals surface area contributed by atoms with Crippen molar-refractivity contribution in [2.45, 2.75) is 39.0 Å². The Morgan fingerprint density at radius 3 is 2.50 bits per heavy atom.